The van der Waals surface area contributed by atoms with Gasteiger partial charge in [0, 0.05) is 0 Å². The van der Waals surface area contributed by atoms with E-state index in [4.69, 9.17) is 16.6 Å². The topological polar surface area (TPSA) is 89.3 Å². The van der Waals surface area contributed by atoms with Crippen LogP contribution in [-0.4, -0.2) is 23.7 Å². The van der Waals surface area contributed by atoms with E-state index < -0.39 is 12.0 Å². The first-order chi connectivity index (χ1) is 4.68. The lowest BCUT2D eigenvalue weighted by Crippen LogP contribution is -2.29. The van der Waals surface area contributed by atoms with Gasteiger partial charge >= 0.3 is 5.97 Å². The molecule has 0 aromatic heterocycles. The van der Waals surface area contributed by atoms with Gasteiger partial charge in [-0.05, 0) is 19.4 Å². The van der Waals surface area contributed by atoms with Gasteiger partial charge in [0.25, 0.3) is 0 Å². The van der Waals surface area contributed by atoms with Crippen LogP contribution in [0.1, 0.15) is 19.3 Å². The van der Waals surface area contributed by atoms with Crippen molar-refractivity contribution in [2.24, 2.45) is 11.5 Å². The standard InChI is InChI=1S/C6H14N2O2.4ClH/c7-4-2-1-3-5(8)6(9)10;;;;/h5H,1-4,7-8H2,(H,9,10);4*1H/t5-;;;;/m1..../s1. The smallest absolute Gasteiger partial charge is 0.320 e. The monoisotopic (exact) mass is 290 g/mol. The molecule has 0 aliphatic rings. The second-order valence-electron chi connectivity index (χ2n) is 2.23. The summed E-state index contributed by atoms with van der Waals surface area (Å²) >= 11 is 0. The van der Waals surface area contributed by atoms with Gasteiger partial charge in [0.1, 0.15) is 6.04 Å². The number of halogens is 4. The van der Waals surface area contributed by atoms with Crippen LogP contribution in [0.25, 0.3) is 0 Å². The third-order valence-corrected chi connectivity index (χ3v) is 1.29. The fraction of sp³-hybridized carbons (Fsp3) is 0.833. The van der Waals surface area contributed by atoms with Gasteiger partial charge < -0.3 is 16.6 Å². The average molecular weight is 292 g/mol. The van der Waals surface area contributed by atoms with E-state index in [1.165, 1.54) is 0 Å². The molecule has 0 aromatic rings. The van der Waals surface area contributed by atoms with E-state index in [1.54, 1.807) is 0 Å². The van der Waals surface area contributed by atoms with Crippen LogP contribution in [0.4, 0.5) is 0 Å². The van der Waals surface area contributed by atoms with Crippen molar-refractivity contribution in [3.05, 3.63) is 0 Å². The minimum absolute atomic E-state index is 0. The van der Waals surface area contributed by atoms with Gasteiger partial charge in [-0.2, -0.15) is 0 Å². The number of rotatable bonds is 5. The number of carboxylic acids is 1. The summed E-state index contributed by atoms with van der Waals surface area (Å²) in [6, 6.07) is -0.716. The first kappa shape index (κ1) is 29.3. The van der Waals surface area contributed by atoms with E-state index in [1.807, 2.05) is 0 Å². The first-order valence-electron chi connectivity index (χ1n) is 3.37. The Morgan fingerprint density at radius 1 is 1.14 bits per heavy atom. The molecule has 0 heterocycles. The second-order valence-corrected chi connectivity index (χ2v) is 2.23. The van der Waals surface area contributed by atoms with E-state index in [2.05, 4.69) is 0 Å². The van der Waals surface area contributed by atoms with E-state index in [0.29, 0.717) is 13.0 Å². The molecule has 0 rings (SSSR count). The Morgan fingerprint density at radius 2 is 1.57 bits per heavy atom. The molecule has 0 fully saturated rings. The molecule has 0 aromatic carbocycles. The molecule has 5 N–H and O–H groups in total. The van der Waals surface area contributed by atoms with Crippen LogP contribution in [0.3, 0.4) is 0 Å². The van der Waals surface area contributed by atoms with Crippen molar-refractivity contribution >= 4 is 55.6 Å². The minimum atomic E-state index is -0.933. The Morgan fingerprint density at radius 3 is 1.86 bits per heavy atom. The van der Waals surface area contributed by atoms with Crippen molar-refractivity contribution in [1.29, 1.82) is 0 Å². The van der Waals surface area contributed by atoms with Gasteiger partial charge in [-0.3, -0.25) is 4.79 Å². The maximum atomic E-state index is 10.1. The quantitative estimate of drug-likeness (QED) is 0.664. The van der Waals surface area contributed by atoms with E-state index >= 15 is 0 Å². The van der Waals surface area contributed by atoms with Crippen LogP contribution >= 0.6 is 49.6 Å². The Bertz CT molecular complexity index is 118. The summed E-state index contributed by atoms with van der Waals surface area (Å²) in [6.45, 7) is 0.604. The SMILES string of the molecule is Cl.Cl.Cl.Cl.NCCCC[C@@H](N)C(=O)O. The minimum Gasteiger partial charge on any atom is -0.480 e. The molecule has 92 valence electrons. The number of unbranched alkanes of at least 4 members (excludes halogenated alkanes) is 1. The molecule has 14 heavy (non-hydrogen) atoms. The van der Waals surface area contributed by atoms with Crippen LogP contribution < -0.4 is 11.5 Å². The summed E-state index contributed by atoms with van der Waals surface area (Å²) in [5, 5.41) is 8.33. The van der Waals surface area contributed by atoms with Crippen LogP contribution in [0.2, 0.25) is 0 Å². The summed E-state index contributed by atoms with van der Waals surface area (Å²) in [7, 11) is 0. The molecule has 0 aliphatic heterocycles. The van der Waals surface area contributed by atoms with Crippen molar-refractivity contribution in [3.8, 4) is 0 Å². The number of aliphatic carboxylic acids is 1. The normalized spacial score (nSPS) is 9.29. The average Bonchev–Trinajstić information content (AvgIpc) is 1.88. The highest BCUT2D eigenvalue weighted by atomic mass is 35.5. The molecule has 4 nitrogen and oxygen atoms in total. The van der Waals surface area contributed by atoms with Crippen LogP contribution in [0, 0.1) is 0 Å². The highest BCUT2D eigenvalue weighted by Crippen LogP contribution is 1.96. The zero-order chi connectivity index (χ0) is 7.98. The molecular weight excluding hydrogens is 274 g/mol. The summed E-state index contributed by atoms with van der Waals surface area (Å²) in [5.74, 6) is -0.933. The molecule has 0 unspecified atom stereocenters. The molecule has 0 saturated carbocycles. The van der Waals surface area contributed by atoms with E-state index in [-0.39, 0.29) is 49.6 Å². The van der Waals surface area contributed by atoms with Crippen molar-refractivity contribution < 1.29 is 9.90 Å². The lowest BCUT2D eigenvalue weighted by atomic mass is 10.1. The molecule has 0 aliphatic carbocycles. The predicted octanol–water partition coefficient (Wildman–Crippen LogP) is 1.21. The molecule has 0 spiro atoms. The van der Waals surface area contributed by atoms with Gasteiger partial charge in [0.15, 0.2) is 0 Å². The maximum absolute atomic E-state index is 10.1. The van der Waals surface area contributed by atoms with Crippen molar-refractivity contribution in [2.75, 3.05) is 6.54 Å². The van der Waals surface area contributed by atoms with Crippen LogP contribution in [0.5, 0.6) is 0 Å². The molecule has 0 radical (unpaired) electrons. The fourth-order valence-corrected chi connectivity index (χ4v) is 0.632. The molecule has 0 bridgehead atoms. The Kier molecular flexibility index (Phi) is 40.1. The number of hydrogen-bond acceptors (Lipinski definition) is 3. The number of carboxylic acid groups (broad SMARTS) is 1. The molecule has 8 heteroatoms. The lowest BCUT2D eigenvalue weighted by Gasteiger charge is -2.03. The summed E-state index contributed by atoms with van der Waals surface area (Å²) in [4.78, 5) is 10.1. The van der Waals surface area contributed by atoms with Gasteiger partial charge in [-0.25, -0.2) is 0 Å². The fourth-order valence-electron chi connectivity index (χ4n) is 0.632. The van der Waals surface area contributed by atoms with Gasteiger partial charge in [-0.15, -0.1) is 49.6 Å². The number of hydrogen-bond donors (Lipinski definition) is 3. The van der Waals surface area contributed by atoms with Gasteiger partial charge in [0.2, 0.25) is 0 Å². The summed E-state index contributed by atoms with van der Waals surface area (Å²) in [6.07, 6.45) is 2.16. The highest BCUT2D eigenvalue weighted by molar-refractivity contribution is 5.86. The maximum Gasteiger partial charge on any atom is 0.320 e. The van der Waals surface area contributed by atoms with Crippen LogP contribution in [0.15, 0.2) is 0 Å². The van der Waals surface area contributed by atoms with Crippen molar-refractivity contribution in [3.63, 3.8) is 0 Å². The largest absolute Gasteiger partial charge is 0.480 e. The summed E-state index contributed by atoms with van der Waals surface area (Å²) in [5.41, 5.74) is 10.4. The predicted molar refractivity (Wildman–Crippen MR) is 67.5 cm³/mol. The highest BCUT2D eigenvalue weighted by Gasteiger charge is 2.09. The first-order valence-corrected chi connectivity index (χ1v) is 3.37. The Balaban J connectivity index is -0.0000000675. The van der Waals surface area contributed by atoms with E-state index in [0.717, 1.165) is 12.8 Å². The Hall–Kier alpha value is 0.550. The molecule has 1 atom stereocenters. The molecule has 0 amide bonds. The van der Waals surface area contributed by atoms with Crippen LogP contribution in [-0.2, 0) is 4.79 Å². The number of nitrogens with two attached hydrogens (primary N) is 2. The summed E-state index contributed by atoms with van der Waals surface area (Å²) < 4.78 is 0. The third kappa shape index (κ3) is 18.4. The Labute approximate surface area is 109 Å². The lowest BCUT2D eigenvalue weighted by molar-refractivity contribution is -0.138. The van der Waals surface area contributed by atoms with Crippen molar-refractivity contribution in [1.82, 2.24) is 0 Å². The zero-order valence-corrected chi connectivity index (χ0v) is 10.8. The second kappa shape index (κ2) is 19.2. The van der Waals surface area contributed by atoms with Crippen molar-refractivity contribution in [2.45, 2.75) is 25.3 Å². The van der Waals surface area contributed by atoms with E-state index in [9.17, 15) is 4.79 Å². The third-order valence-electron chi connectivity index (χ3n) is 1.29. The zero-order valence-electron chi connectivity index (χ0n) is 7.55. The molecular formula is C6H18Cl4N2O2. The number of carbonyl (C=O) groups is 1. The molecule has 0 saturated heterocycles. The van der Waals surface area contributed by atoms with Gasteiger partial charge in [0.05, 0.1) is 0 Å². The van der Waals surface area contributed by atoms with Gasteiger partial charge in [-0.1, -0.05) is 6.42 Å².